The number of hydrogen-bond acceptors (Lipinski definition) is 6. The predicted octanol–water partition coefficient (Wildman–Crippen LogP) is 2.20. The third-order valence-corrected chi connectivity index (χ3v) is 5.40. The van der Waals surface area contributed by atoms with Gasteiger partial charge in [0.1, 0.15) is 10.9 Å². The molecule has 8 heteroatoms. The molecule has 2 heterocycles. The lowest BCUT2D eigenvalue weighted by atomic mass is 10.1. The third kappa shape index (κ3) is 5.49. The van der Waals surface area contributed by atoms with E-state index in [0.29, 0.717) is 35.5 Å². The first-order valence-electron chi connectivity index (χ1n) is 8.64. The number of morpholine rings is 1. The largest absolute Gasteiger partial charge is 0.379 e. The van der Waals surface area contributed by atoms with Gasteiger partial charge in [-0.1, -0.05) is 60.4 Å². The number of ether oxygens (including phenoxy) is 1. The van der Waals surface area contributed by atoms with Gasteiger partial charge in [-0.2, -0.15) is 0 Å². The minimum atomic E-state index is -0.258. The molecule has 2 fully saturated rings. The first-order valence-corrected chi connectivity index (χ1v) is 9.86. The summed E-state index contributed by atoms with van der Waals surface area (Å²) in [6.45, 7) is 4.28. The highest BCUT2D eigenvalue weighted by atomic mass is 32.2. The average Bonchev–Trinajstić information content (AvgIpc) is 2.90. The van der Waals surface area contributed by atoms with Crippen LogP contribution < -0.4 is 5.43 Å². The second-order valence-electron chi connectivity index (χ2n) is 6.20. The highest BCUT2D eigenvalue weighted by molar-refractivity contribution is 8.26. The molecule has 0 saturated carbocycles. The van der Waals surface area contributed by atoms with E-state index in [1.165, 1.54) is 16.7 Å². The molecule has 0 aliphatic carbocycles. The average molecular weight is 404 g/mol. The molecule has 2 aliphatic heterocycles. The van der Waals surface area contributed by atoms with Crippen LogP contribution in [0.4, 0.5) is 0 Å². The van der Waals surface area contributed by atoms with Gasteiger partial charge in [-0.05, 0) is 24.1 Å². The van der Waals surface area contributed by atoms with E-state index in [-0.39, 0.29) is 18.4 Å². The molecule has 0 radical (unpaired) electrons. The first-order chi connectivity index (χ1) is 13.0. The number of hydrazine groups is 1. The molecule has 6 nitrogen and oxygen atoms in total. The lowest BCUT2D eigenvalue weighted by Gasteiger charge is -2.27. The molecule has 0 spiro atoms. The lowest BCUT2D eigenvalue weighted by molar-refractivity contribution is -0.132. The molecule has 2 amide bonds. The quantitative estimate of drug-likeness (QED) is 0.601. The number of nitrogens with zero attached hydrogens (tertiary/aromatic N) is 2. The molecular formula is C19H21N3O3S2. The smallest absolute Gasteiger partial charge is 0.266 e. The van der Waals surface area contributed by atoms with Crippen LogP contribution in [0.3, 0.4) is 0 Å². The third-order valence-electron chi connectivity index (χ3n) is 4.02. The molecule has 0 bridgehead atoms. The van der Waals surface area contributed by atoms with Crippen molar-refractivity contribution in [2.75, 3.05) is 32.8 Å². The van der Waals surface area contributed by atoms with E-state index in [9.17, 15) is 9.59 Å². The number of carbonyl (C=O) groups excluding carboxylic acids is 2. The molecule has 2 saturated heterocycles. The van der Waals surface area contributed by atoms with Gasteiger partial charge < -0.3 is 4.74 Å². The molecule has 0 unspecified atom stereocenters. The Balaban J connectivity index is 1.62. The fourth-order valence-corrected chi connectivity index (χ4v) is 4.03. The number of benzene rings is 1. The van der Waals surface area contributed by atoms with Crippen molar-refractivity contribution in [3.8, 4) is 0 Å². The second-order valence-corrected chi connectivity index (χ2v) is 7.88. The van der Waals surface area contributed by atoms with Crippen LogP contribution in [0.15, 0.2) is 46.9 Å². The number of rotatable bonds is 5. The van der Waals surface area contributed by atoms with Crippen LogP contribution >= 0.6 is 24.0 Å². The number of carbonyl (C=O) groups is 2. The molecule has 1 aromatic carbocycles. The van der Waals surface area contributed by atoms with Gasteiger partial charge in [0, 0.05) is 13.1 Å². The summed E-state index contributed by atoms with van der Waals surface area (Å²) in [5.74, 6) is -0.492. The standard InChI is InChI=1S/C19H21N3O3S2/c1-14(11-15-5-3-2-4-6-15)12-16-18(24)22(19(26)27-16)13-17(23)20-21-7-9-25-10-8-21/h2-6,11-12H,7-10,13H2,1H3,(H,20,23)/b14-11+,16-12-. The van der Waals surface area contributed by atoms with E-state index >= 15 is 0 Å². The van der Waals surface area contributed by atoms with E-state index in [0.717, 1.165) is 11.1 Å². The zero-order valence-electron chi connectivity index (χ0n) is 15.0. The molecular weight excluding hydrogens is 382 g/mol. The molecule has 142 valence electrons. The first kappa shape index (κ1) is 19.8. The summed E-state index contributed by atoms with van der Waals surface area (Å²) in [6, 6.07) is 9.88. The minimum absolute atomic E-state index is 0.0825. The summed E-state index contributed by atoms with van der Waals surface area (Å²) in [5.41, 5.74) is 4.80. The number of amides is 2. The second kappa shape index (κ2) is 9.27. The number of hydrogen-bond donors (Lipinski definition) is 1. The van der Waals surface area contributed by atoms with Crippen LogP contribution in [0.2, 0.25) is 0 Å². The maximum Gasteiger partial charge on any atom is 0.266 e. The molecule has 1 N–H and O–H groups in total. The van der Waals surface area contributed by atoms with Crippen LogP contribution in [0, 0.1) is 0 Å². The topological polar surface area (TPSA) is 61.9 Å². The fourth-order valence-electron chi connectivity index (χ4n) is 2.73. The van der Waals surface area contributed by atoms with Crippen molar-refractivity contribution >= 4 is 46.2 Å². The summed E-state index contributed by atoms with van der Waals surface area (Å²) in [6.07, 6.45) is 3.81. The Bertz CT molecular complexity index is 787. The maximum absolute atomic E-state index is 12.6. The van der Waals surface area contributed by atoms with Crippen LogP contribution in [0.5, 0.6) is 0 Å². The zero-order valence-corrected chi connectivity index (χ0v) is 16.6. The molecule has 0 aromatic heterocycles. The Hall–Kier alpha value is -2.00. The summed E-state index contributed by atoms with van der Waals surface area (Å²) in [4.78, 5) is 26.8. The zero-order chi connectivity index (χ0) is 19.2. The van der Waals surface area contributed by atoms with E-state index in [4.69, 9.17) is 17.0 Å². The Morgan fingerprint density at radius 1 is 1.30 bits per heavy atom. The SMILES string of the molecule is CC(/C=C1\SC(=S)N(CC(=O)NN2CCOCC2)C1=O)=C\c1ccccc1. The van der Waals surface area contributed by atoms with Crippen LogP contribution in [0.1, 0.15) is 12.5 Å². The Morgan fingerprint density at radius 3 is 2.70 bits per heavy atom. The lowest BCUT2D eigenvalue weighted by Crippen LogP contribution is -2.51. The van der Waals surface area contributed by atoms with E-state index in [2.05, 4.69) is 5.43 Å². The summed E-state index contributed by atoms with van der Waals surface area (Å²) >= 11 is 6.52. The molecule has 2 aliphatic rings. The van der Waals surface area contributed by atoms with Crippen molar-refractivity contribution in [3.63, 3.8) is 0 Å². The van der Waals surface area contributed by atoms with Gasteiger partial charge in [-0.3, -0.25) is 19.9 Å². The van der Waals surface area contributed by atoms with Crippen LogP contribution in [-0.2, 0) is 14.3 Å². The van der Waals surface area contributed by atoms with E-state index in [1.54, 1.807) is 5.01 Å². The fraction of sp³-hybridized carbons (Fsp3) is 0.316. The van der Waals surface area contributed by atoms with Gasteiger partial charge in [0.15, 0.2) is 0 Å². The van der Waals surface area contributed by atoms with E-state index < -0.39 is 0 Å². The summed E-state index contributed by atoms with van der Waals surface area (Å²) < 4.78 is 5.65. The number of allylic oxidation sites excluding steroid dienone is 2. The molecule has 27 heavy (non-hydrogen) atoms. The van der Waals surface area contributed by atoms with Crippen molar-refractivity contribution in [1.82, 2.24) is 15.3 Å². The van der Waals surface area contributed by atoms with Gasteiger partial charge in [0.05, 0.1) is 18.1 Å². The molecule has 3 rings (SSSR count). The summed E-state index contributed by atoms with van der Waals surface area (Å²) in [7, 11) is 0. The number of thiocarbonyl (C=S) groups is 1. The van der Waals surface area contributed by atoms with Crippen molar-refractivity contribution in [1.29, 1.82) is 0 Å². The van der Waals surface area contributed by atoms with Gasteiger partial charge >= 0.3 is 0 Å². The van der Waals surface area contributed by atoms with Gasteiger partial charge in [-0.15, -0.1) is 0 Å². The Kier molecular flexibility index (Phi) is 6.78. The Labute approximate surface area is 168 Å². The van der Waals surface area contributed by atoms with Gasteiger partial charge in [0.25, 0.3) is 11.8 Å². The Morgan fingerprint density at radius 2 is 2.00 bits per heavy atom. The van der Waals surface area contributed by atoms with Crippen LogP contribution in [0.25, 0.3) is 6.08 Å². The van der Waals surface area contributed by atoms with Crippen LogP contribution in [-0.4, -0.2) is 58.9 Å². The van der Waals surface area contributed by atoms with Gasteiger partial charge in [-0.25, -0.2) is 5.01 Å². The monoisotopic (exact) mass is 403 g/mol. The number of thioether (sulfide) groups is 1. The normalized spacial score (nSPS) is 20.4. The van der Waals surface area contributed by atoms with E-state index in [1.807, 2.05) is 49.4 Å². The van der Waals surface area contributed by atoms with Crippen molar-refractivity contribution < 1.29 is 14.3 Å². The molecule has 1 aromatic rings. The van der Waals surface area contributed by atoms with Crippen molar-refractivity contribution in [2.45, 2.75) is 6.92 Å². The summed E-state index contributed by atoms with van der Waals surface area (Å²) in [5, 5.41) is 1.80. The molecule has 0 atom stereocenters. The van der Waals surface area contributed by atoms with Crippen molar-refractivity contribution in [3.05, 3.63) is 52.4 Å². The highest BCUT2D eigenvalue weighted by Crippen LogP contribution is 2.31. The minimum Gasteiger partial charge on any atom is -0.379 e. The maximum atomic E-state index is 12.6. The highest BCUT2D eigenvalue weighted by Gasteiger charge is 2.33. The van der Waals surface area contributed by atoms with Gasteiger partial charge in [0.2, 0.25) is 0 Å². The number of nitrogens with one attached hydrogen (secondary N) is 1. The van der Waals surface area contributed by atoms with Crippen molar-refractivity contribution in [2.24, 2.45) is 0 Å². The predicted molar refractivity (Wildman–Crippen MR) is 111 cm³/mol.